The summed E-state index contributed by atoms with van der Waals surface area (Å²) < 4.78 is 86.0. The molecule has 4 aliphatic heterocycles. The second-order valence-electron chi connectivity index (χ2n) is 16.0. The number of ether oxygens (including phenoxy) is 2. The van der Waals surface area contributed by atoms with Gasteiger partial charge in [-0.3, -0.25) is 14.4 Å². The minimum atomic E-state index is -4.74. The lowest BCUT2D eigenvalue weighted by Crippen LogP contribution is -2.43. The predicted molar refractivity (Wildman–Crippen MR) is 200 cm³/mol. The van der Waals surface area contributed by atoms with Crippen molar-refractivity contribution in [3.05, 3.63) is 68.1 Å². The molecule has 1 aromatic carbocycles. The third-order valence-electron chi connectivity index (χ3n) is 11.8. The number of aromatic nitrogens is 4. The fourth-order valence-corrected chi connectivity index (χ4v) is 9.77. The largest absolute Gasteiger partial charge is 0.461 e. The number of nitrogens with two attached hydrogens (primary N) is 1. The average Bonchev–Trinajstić information content (AvgIpc) is 3.67. The molecule has 298 valence electrons. The van der Waals surface area contributed by atoms with Crippen LogP contribution < -0.4 is 15.4 Å². The predicted octanol–water partition coefficient (Wildman–Crippen LogP) is 6.74. The number of rotatable bonds is 7. The second kappa shape index (κ2) is 14.3. The molecule has 2 aromatic heterocycles. The quantitative estimate of drug-likeness (QED) is 0.157. The van der Waals surface area contributed by atoms with E-state index in [0.29, 0.717) is 60.6 Å². The van der Waals surface area contributed by atoms with E-state index in [0.717, 1.165) is 37.6 Å². The fourth-order valence-electron chi connectivity index (χ4n) is 9.19. The smallest absolute Gasteiger partial charge is 0.417 e. The number of aryl methyl sites for hydroxylation is 1. The van der Waals surface area contributed by atoms with Crippen LogP contribution >= 0.6 is 15.9 Å². The Hall–Kier alpha value is -4.27. The number of anilines is 2. The summed E-state index contributed by atoms with van der Waals surface area (Å²) in [7, 11) is 3.31. The van der Waals surface area contributed by atoms with Gasteiger partial charge < -0.3 is 25.0 Å². The molecule has 1 spiro atoms. The number of carbonyl (C=O) groups is 1. The maximum Gasteiger partial charge on any atom is 0.417 e. The number of halogens is 6. The number of carbonyl (C=O) groups excluding carboxylic acids is 1. The summed E-state index contributed by atoms with van der Waals surface area (Å²) in [5.74, 6) is 5.05. The van der Waals surface area contributed by atoms with E-state index in [-0.39, 0.29) is 65.4 Å². The van der Waals surface area contributed by atoms with Crippen molar-refractivity contribution in [2.75, 3.05) is 51.0 Å². The molecule has 3 aromatic rings. The average molecular weight is 846 g/mol. The molecule has 17 heteroatoms. The highest BCUT2D eigenvalue weighted by molar-refractivity contribution is 9.10. The summed E-state index contributed by atoms with van der Waals surface area (Å²) >= 11 is 3.62. The van der Waals surface area contributed by atoms with Gasteiger partial charge in [-0.15, -0.1) is 5.92 Å². The molecule has 1 amide bonds. The van der Waals surface area contributed by atoms with Crippen LogP contribution in [0.25, 0.3) is 0 Å². The molecule has 3 atom stereocenters. The van der Waals surface area contributed by atoms with Crippen molar-refractivity contribution in [1.82, 2.24) is 29.5 Å². The molecule has 1 aliphatic carbocycles. The van der Waals surface area contributed by atoms with Gasteiger partial charge in [-0.1, -0.05) is 5.92 Å². The molecular formula is C39H42BrF5N8O3. The number of benzene rings is 1. The number of hydrogen-bond acceptors (Lipinski definition) is 9. The van der Waals surface area contributed by atoms with E-state index in [2.05, 4.69) is 37.8 Å². The third-order valence-corrected chi connectivity index (χ3v) is 12.6. The van der Waals surface area contributed by atoms with Gasteiger partial charge >= 0.3 is 12.2 Å². The van der Waals surface area contributed by atoms with Gasteiger partial charge in [0.25, 0.3) is 12.0 Å². The zero-order chi connectivity index (χ0) is 39.7. The first kappa shape index (κ1) is 38.6. The molecule has 1 saturated carbocycles. The molecule has 8 rings (SSSR count). The van der Waals surface area contributed by atoms with Crippen LogP contribution in [0.4, 0.5) is 33.5 Å². The van der Waals surface area contributed by atoms with Crippen LogP contribution in [-0.2, 0) is 37.0 Å². The van der Waals surface area contributed by atoms with Crippen LogP contribution in [0.5, 0.6) is 6.01 Å². The standard InChI is InChI=1S/C39H42BrF5N8O3/c1-4-6-23-12-24(46)13-25(31(23)39(43,44)45)29-14-27-26(18-55-29)34(51-9-5-10-53-28(17-51)32(40)33(49-53)35(54)50(2)3)48-36(47-27)56-21-38-15-22(11-30(41)42)16-52(38)20-37(19-38)7-8-37/h11-13,22,29H,5,7-10,14-21,46H2,1-3H3/t22-,29?,38-/m0/s1. The lowest BCUT2D eigenvalue weighted by molar-refractivity contribution is -0.140. The van der Waals surface area contributed by atoms with E-state index < -0.39 is 29.5 Å². The molecule has 56 heavy (non-hydrogen) atoms. The first-order valence-corrected chi connectivity index (χ1v) is 19.5. The van der Waals surface area contributed by atoms with Gasteiger partial charge in [0.1, 0.15) is 12.4 Å². The summed E-state index contributed by atoms with van der Waals surface area (Å²) in [4.78, 5) is 28.5. The van der Waals surface area contributed by atoms with Crippen molar-refractivity contribution in [2.24, 2.45) is 11.3 Å². The van der Waals surface area contributed by atoms with Crippen LogP contribution in [-0.4, -0.2) is 81.3 Å². The lowest BCUT2D eigenvalue weighted by atomic mass is 9.86. The first-order valence-electron chi connectivity index (χ1n) is 18.7. The maximum absolute atomic E-state index is 14.7. The zero-order valence-electron chi connectivity index (χ0n) is 31.3. The van der Waals surface area contributed by atoms with E-state index in [1.807, 2.05) is 4.90 Å². The molecular weight excluding hydrogens is 803 g/mol. The van der Waals surface area contributed by atoms with E-state index >= 15 is 0 Å². The van der Waals surface area contributed by atoms with Crippen molar-refractivity contribution in [3.8, 4) is 17.9 Å². The summed E-state index contributed by atoms with van der Waals surface area (Å²) in [6.07, 6.45) is -2.34. The van der Waals surface area contributed by atoms with Crippen LogP contribution in [0, 0.1) is 23.2 Å². The molecule has 5 aliphatic rings. The number of alkyl halides is 3. The lowest BCUT2D eigenvalue weighted by Gasteiger charge is -2.33. The van der Waals surface area contributed by atoms with Gasteiger partial charge in [0.15, 0.2) is 5.69 Å². The summed E-state index contributed by atoms with van der Waals surface area (Å²) in [5.41, 5.74) is 6.78. The minimum absolute atomic E-state index is 0.0350. The topological polar surface area (TPSA) is 115 Å². The van der Waals surface area contributed by atoms with Crippen molar-refractivity contribution in [1.29, 1.82) is 0 Å². The van der Waals surface area contributed by atoms with Crippen LogP contribution in [0.15, 0.2) is 28.8 Å². The Balaban J connectivity index is 1.18. The number of hydrogen-bond donors (Lipinski definition) is 1. The van der Waals surface area contributed by atoms with E-state index in [1.54, 1.807) is 18.8 Å². The Morgan fingerprint density at radius 3 is 2.70 bits per heavy atom. The Labute approximate surface area is 329 Å². The van der Waals surface area contributed by atoms with Gasteiger partial charge in [-0.2, -0.15) is 37.0 Å². The summed E-state index contributed by atoms with van der Waals surface area (Å²) in [5, 5.41) is 4.61. The van der Waals surface area contributed by atoms with Crippen molar-refractivity contribution in [3.63, 3.8) is 0 Å². The molecule has 2 N–H and O–H groups in total. The monoisotopic (exact) mass is 844 g/mol. The van der Waals surface area contributed by atoms with Crippen LogP contribution in [0.2, 0.25) is 0 Å². The Morgan fingerprint density at radius 2 is 2.00 bits per heavy atom. The molecule has 6 heterocycles. The number of nitrogens with zero attached hydrogens (tertiary/aromatic N) is 7. The zero-order valence-corrected chi connectivity index (χ0v) is 32.9. The summed E-state index contributed by atoms with van der Waals surface area (Å²) in [6.45, 7) is 4.25. The van der Waals surface area contributed by atoms with Gasteiger partial charge in [-0.25, -0.2) is 0 Å². The Kier molecular flexibility index (Phi) is 9.84. The van der Waals surface area contributed by atoms with E-state index in [4.69, 9.17) is 25.2 Å². The SMILES string of the molecule is CC#Cc1cc(N)cc(C2Cc3nc(OC[C@@]45C[C@H](C=C(F)F)CN4CC4(CC4)C5)nc(N4CCCn5nc(C(=O)N(C)C)c(Br)c5C4)c3CO2)c1C(F)(F)F. The normalized spacial score (nSPS) is 23.8. The number of nitrogen functional groups attached to an aromatic ring is 1. The fraction of sp³-hybridized carbons (Fsp3) is 0.538. The highest BCUT2D eigenvalue weighted by Crippen LogP contribution is 2.61. The van der Waals surface area contributed by atoms with Gasteiger partial charge in [-0.05, 0) is 90.1 Å². The molecule has 0 bridgehead atoms. The molecule has 11 nitrogen and oxygen atoms in total. The Morgan fingerprint density at radius 1 is 1.21 bits per heavy atom. The van der Waals surface area contributed by atoms with E-state index in [1.165, 1.54) is 24.0 Å². The van der Waals surface area contributed by atoms with Crippen LogP contribution in [0.3, 0.4) is 0 Å². The van der Waals surface area contributed by atoms with Crippen molar-refractivity contribution >= 4 is 33.3 Å². The molecule has 1 unspecified atom stereocenters. The van der Waals surface area contributed by atoms with Crippen molar-refractivity contribution in [2.45, 2.75) is 83.0 Å². The van der Waals surface area contributed by atoms with Crippen molar-refractivity contribution < 1.29 is 36.2 Å². The highest BCUT2D eigenvalue weighted by Gasteiger charge is 2.62. The maximum atomic E-state index is 14.7. The first-order chi connectivity index (χ1) is 26.6. The van der Waals surface area contributed by atoms with E-state index in [9.17, 15) is 26.7 Å². The highest BCUT2D eigenvalue weighted by atomic mass is 79.9. The minimum Gasteiger partial charge on any atom is -0.461 e. The third kappa shape index (κ3) is 7.13. The Bertz CT molecular complexity index is 2170. The summed E-state index contributed by atoms with van der Waals surface area (Å²) in [6, 6.07) is 2.54. The molecule has 2 saturated heterocycles. The number of fused-ring (bicyclic) bond motifs is 3. The van der Waals surface area contributed by atoms with Crippen LogP contribution in [0.1, 0.15) is 89.3 Å². The number of amides is 1. The molecule has 3 fully saturated rings. The van der Waals surface area contributed by atoms with Gasteiger partial charge in [0, 0.05) is 63.5 Å². The van der Waals surface area contributed by atoms with Gasteiger partial charge in [0.2, 0.25) is 0 Å². The second-order valence-corrected chi connectivity index (χ2v) is 16.8. The molecule has 0 radical (unpaired) electrons. The van der Waals surface area contributed by atoms with Gasteiger partial charge in [0.05, 0.1) is 46.2 Å².